The number of thiophene rings is 1. The molecule has 1 amide bonds. The molecule has 4 heteroatoms. The minimum absolute atomic E-state index is 0.0320. The second kappa shape index (κ2) is 4.92. The monoisotopic (exact) mass is 266 g/mol. The molecule has 3 nitrogen and oxygen atoms in total. The minimum Gasteiger partial charge on any atom is -0.398 e. The molecule has 0 saturated heterocycles. The predicted octanol–water partition coefficient (Wildman–Crippen LogP) is 3.34. The van der Waals surface area contributed by atoms with E-state index in [1.165, 1.54) is 24.2 Å². The van der Waals surface area contributed by atoms with Crippen LogP contribution in [-0.4, -0.2) is 11.9 Å². The molecule has 3 N–H and O–H groups in total. The van der Waals surface area contributed by atoms with Crippen molar-refractivity contribution in [3.05, 3.63) is 15.8 Å². The number of nitrogens with one attached hydrogen (secondary N) is 1. The summed E-state index contributed by atoms with van der Waals surface area (Å²) in [7, 11) is 0. The Morgan fingerprint density at radius 1 is 1.44 bits per heavy atom. The zero-order chi connectivity index (χ0) is 13.3. The lowest BCUT2D eigenvalue weighted by Gasteiger charge is -2.34. The van der Waals surface area contributed by atoms with Gasteiger partial charge in [-0.05, 0) is 44.1 Å². The topological polar surface area (TPSA) is 55.1 Å². The second-order valence-corrected chi connectivity index (χ2v) is 7.29. The van der Waals surface area contributed by atoms with Crippen LogP contribution in [0.2, 0.25) is 0 Å². The van der Waals surface area contributed by atoms with Crippen molar-refractivity contribution in [2.24, 2.45) is 5.41 Å². The number of hydrogen-bond donors (Lipinski definition) is 2. The Labute approximate surface area is 113 Å². The Bertz CT molecular complexity index is 421. The van der Waals surface area contributed by atoms with Gasteiger partial charge in [0, 0.05) is 16.6 Å². The molecule has 1 saturated carbocycles. The van der Waals surface area contributed by atoms with Crippen LogP contribution in [0.3, 0.4) is 0 Å². The van der Waals surface area contributed by atoms with Crippen molar-refractivity contribution in [2.75, 3.05) is 5.73 Å². The van der Waals surface area contributed by atoms with Crippen LogP contribution in [0.1, 0.15) is 54.1 Å². The molecule has 0 aromatic carbocycles. The van der Waals surface area contributed by atoms with E-state index in [1.54, 1.807) is 6.07 Å². The number of amides is 1. The van der Waals surface area contributed by atoms with E-state index in [0.717, 1.165) is 28.3 Å². The Hall–Kier alpha value is -1.03. The summed E-state index contributed by atoms with van der Waals surface area (Å²) in [5.41, 5.74) is 6.93. The molecule has 1 aliphatic carbocycles. The van der Waals surface area contributed by atoms with E-state index < -0.39 is 0 Å². The van der Waals surface area contributed by atoms with Crippen LogP contribution < -0.4 is 11.1 Å². The highest BCUT2D eigenvalue weighted by Gasteiger charge is 2.27. The third-order valence-corrected chi connectivity index (χ3v) is 4.92. The first kappa shape index (κ1) is 13.4. The fraction of sp³-hybridized carbons (Fsp3) is 0.643. The number of aryl methyl sites for hydroxylation is 1. The van der Waals surface area contributed by atoms with Gasteiger partial charge in [0.2, 0.25) is 0 Å². The molecule has 2 rings (SSSR count). The molecule has 18 heavy (non-hydrogen) atoms. The maximum absolute atomic E-state index is 12.1. The molecule has 0 radical (unpaired) electrons. The summed E-state index contributed by atoms with van der Waals surface area (Å²) in [6.07, 6.45) is 4.53. The number of anilines is 1. The Morgan fingerprint density at radius 2 is 2.06 bits per heavy atom. The summed E-state index contributed by atoms with van der Waals surface area (Å²) in [6.45, 7) is 6.54. The molecule has 1 aliphatic rings. The lowest BCUT2D eigenvalue weighted by Crippen LogP contribution is -2.38. The normalized spacial score (nSPS) is 19.7. The number of rotatable bonds is 2. The number of hydrogen-bond acceptors (Lipinski definition) is 3. The van der Waals surface area contributed by atoms with Gasteiger partial charge >= 0.3 is 0 Å². The fourth-order valence-electron chi connectivity index (χ4n) is 2.41. The molecular formula is C14H22N2OS. The molecule has 100 valence electrons. The van der Waals surface area contributed by atoms with Gasteiger partial charge in [-0.25, -0.2) is 0 Å². The SMILES string of the molecule is Cc1sc(C(=O)NC2CCC(C)(C)CC2)cc1N. The van der Waals surface area contributed by atoms with Crippen molar-refractivity contribution in [3.63, 3.8) is 0 Å². The number of nitrogen functional groups attached to an aromatic ring is 1. The van der Waals surface area contributed by atoms with E-state index in [1.807, 2.05) is 6.92 Å². The standard InChI is InChI=1S/C14H22N2OS/c1-9-11(15)8-12(18-9)13(17)16-10-4-6-14(2,3)7-5-10/h8,10H,4-7,15H2,1-3H3,(H,16,17). The molecule has 0 unspecified atom stereocenters. The van der Waals surface area contributed by atoms with Gasteiger partial charge in [-0.15, -0.1) is 11.3 Å². The van der Waals surface area contributed by atoms with Gasteiger partial charge in [0.1, 0.15) is 0 Å². The van der Waals surface area contributed by atoms with Gasteiger partial charge in [-0.3, -0.25) is 4.79 Å². The minimum atomic E-state index is 0.0320. The smallest absolute Gasteiger partial charge is 0.261 e. The van der Waals surface area contributed by atoms with Gasteiger partial charge < -0.3 is 11.1 Å². The van der Waals surface area contributed by atoms with Crippen LogP contribution in [-0.2, 0) is 0 Å². The van der Waals surface area contributed by atoms with Gasteiger partial charge in [-0.2, -0.15) is 0 Å². The molecule has 1 aromatic heterocycles. The van der Waals surface area contributed by atoms with Crippen molar-refractivity contribution >= 4 is 22.9 Å². The summed E-state index contributed by atoms with van der Waals surface area (Å²) in [6, 6.07) is 2.11. The van der Waals surface area contributed by atoms with E-state index >= 15 is 0 Å². The first-order chi connectivity index (χ1) is 8.37. The number of nitrogens with two attached hydrogens (primary N) is 1. The van der Waals surface area contributed by atoms with E-state index in [2.05, 4.69) is 19.2 Å². The summed E-state index contributed by atoms with van der Waals surface area (Å²) < 4.78 is 0. The van der Waals surface area contributed by atoms with Crippen LogP contribution in [0, 0.1) is 12.3 Å². The highest BCUT2D eigenvalue weighted by atomic mass is 32.1. The second-order valence-electron chi connectivity index (χ2n) is 6.03. The molecule has 1 fully saturated rings. The first-order valence-electron chi connectivity index (χ1n) is 6.54. The van der Waals surface area contributed by atoms with E-state index in [0.29, 0.717) is 11.5 Å². The first-order valence-corrected chi connectivity index (χ1v) is 7.36. The zero-order valence-corrected chi connectivity index (χ0v) is 12.2. The average molecular weight is 266 g/mol. The van der Waals surface area contributed by atoms with Gasteiger partial charge in [0.15, 0.2) is 0 Å². The van der Waals surface area contributed by atoms with Crippen molar-refractivity contribution in [3.8, 4) is 0 Å². The number of carbonyl (C=O) groups excluding carboxylic acids is 1. The largest absolute Gasteiger partial charge is 0.398 e. The Balaban J connectivity index is 1.92. The van der Waals surface area contributed by atoms with Gasteiger partial charge in [-0.1, -0.05) is 13.8 Å². The fourth-order valence-corrected chi connectivity index (χ4v) is 3.25. The van der Waals surface area contributed by atoms with E-state index in [-0.39, 0.29) is 5.91 Å². The highest BCUT2D eigenvalue weighted by molar-refractivity contribution is 7.14. The molecule has 0 bridgehead atoms. The van der Waals surface area contributed by atoms with E-state index in [9.17, 15) is 4.79 Å². The van der Waals surface area contributed by atoms with Crippen LogP contribution in [0.4, 0.5) is 5.69 Å². The van der Waals surface area contributed by atoms with E-state index in [4.69, 9.17) is 5.73 Å². The van der Waals surface area contributed by atoms with Crippen molar-refractivity contribution in [1.82, 2.24) is 5.32 Å². The third-order valence-electron chi connectivity index (χ3n) is 3.85. The molecule has 1 heterocycles. The maximum atomic E-state index is 12.1. The van der Waals surface area contributed by atoms with Crippen LogP contribution in [0.25, 0.3) is 0 Å². The molecule has 0 spiro atoms. The quantitative estimate of drug-likeness (QED) is 0.862. The summed E-state index contributed by atoms with van der Waals surface area (Å²) >= 11 is 1.47. The number of carbonyl (C=O) groups is 1. The zero-order valence-electron chi connectivity index (χ0n) is 11.4. The average Bonchev–Trinajstić information content (AvgIpc) is 2.62. The molecule has 0 aliphatic heterocycles. The molecule has 1 aromatic rings. The maximum Gasteiger partial charge on any atom is 0.261 e. The van der Waals surface area contributed by atoms with Crippen molar-refractivity contribution in [2.45, 2.75) is 52.5 Å². The summed E-state index contributed by atoms with van der Waals surface area (Å²) in [5.74, 6) is 0.0320. The van der Waals surface area contributed by atoms with Crippen LogP contribution >= 0.6 is 11.3 Å². The van der Waals surface area contributed by atoms with Crippen molar-refractivity contribution in [1.29, 1.82) is 0 Å². The van der Waals surface area contributed by atoms with Gasteiger partial charge in [0.05, 0.1) is 4.88 Å². The van der Waals surface area contributed by atoms with Gasteiger partial charge in [0.25, 0.3) is 5.91 Å². The highest BCUT2D eigenvalue weighted by Crippen LogP contribution is 2.35. The lowest BCUT2D eigenvalue weighted by atomic mass is 9.75. The predicted molar refractivity (Wildman–Crippen MR) is 77.0 cm³/mol. The van der Waals surface area contributed by atoms with Crippen LogP contribution in [0.5, 0.6) is 0 Å². The Morgan fingerprint density at radius 3 is 2.56 bits per heavy atom. The molecule has 0 atom stereocenters. The van der Waals surface area contributed by atoms with Crippen LogP contribution in [0.15, 0.2) is 6.07 Å². The Kier molecular flexibility index (Phi) is 3.66. The molecular weight excluding hydrogens is 244 g/mol. The third kappa shape index (κ3) is 3.05. The summed E-state index contributed by atoms with van der Waals surface area (Å²) in [5, 5.41) is 3.13. The van der Waals surface area contributed by atoms with Crippen molar-refractivity contribution < 1.29 is 4.79 Å². The summed E-state index contributed by atoms with van der Waals surface area (Å²) in [4.78, 5) is 13.8. The lowest BCUT2D eigenvalue weighted by molar-refractivity contribution is 0.0913.